The molecular formula is C22H14ClN3O5S. The number of nitrogens with one attached hydrogen (secondary N) is 1. The first kappa shape index (κ1) is 21.4. The predicted octanol–water partition coefficient (Wildman–Crippen LogP) is 4.65. The Morgan fingerprint density at radius 3 is 2.59 bits per heavy atom. The topological polar surface area (TPSA) is 106 Å². The fourth-order valence-corrected chi connectivity index (χ4v) is 3.77. The Bertz CT molecular complexity index is 1330. The van der Waals surface area contributed by atoms with Gasteiger partial charge in [-0.1, -0.05) is 29.8 Å². The first-order chi connectivity index (χ1) is 15.3. The van der Waals surface area contributed by atoms with Crippen LogP contribution in [0.5, 0.6) is 0 Å². The minimum absolute atomic E-state index is 0.00996. The fraction of sp³-hybridized carbons (Fsp3) is 0.0455. The van der Waals surface area contributed by atoms with Crippen molar-refractivity contribution >= 4 is 58.2 Å². The Hall–Kier alpha value is -3.82. The molecule has 0 radical (unpaired) electrons. The van der Waals surface area contributed by atoms with Crippen molar-refractivity contribution in [2.24, 2.45) is 0 Å². The minimum atomic E-state index is -0.642. The molecule has 0 atom stereocenters. The number of nitro benzene ring substituents is 1. The second kappa shape index (κ2) is 8.37. The minimum Gasteiger partial charge on any atom is -0.457 e. The number of nitrogens with zero attached hydrogens (tertiary/aromatic N) is 2. The molecule has 8 nitrogen and oxygen atoms in total. The van der Waals surface area contributed by atoms with Gasteiger partial charge in [-0.25, -0.2) is 0 Å². The van der Waals surface area contributed by atoms with Gasteiger partial charge >= 0.3 is 0 Å². The molecule has 0 saturated carbocycles. The molecule has 32 heavy (non-hydrogen) atoms. The number of thiocarbonyl (C=S) groups is 1. The highest BCUT2D eigenvalue weighted by atomic mass is 35.5. The normalized spacial score (nSPS) is 15.2. The van der Waals surface area contributed by atoms with Gasteiger partial charge in [0.1, 0.15) is 17.1 Å². The summed E-state index contributed by atoms with van der Waals surface area (Å²) in [5.74, 6) is -0.673. The third-order valence-electron chi connectivity index (χ3n) is 4.80. The predicted molar refractivity (Wildman–Crippen MR) is 123 cm³/mol. The average Bonchev–Trinajstić information content (AvgIpc) is 3.20. The van der Waals surface area contributed by atoms with Gasteiger partial charge in [-0.2, -0.15) is 0 Å². The van der Waals surface area contributed by atoms with Crippen LogP contribution in [-0.2, 0) is 9.59 Å². The molecule has 3 aromatic rings. The molecule has 0 aliphatic carbocycles. The van der Waals surface area contributed by atoms with E-state index < -0.39 is 16.7 Å². The molecule has 1 N–H and O–H groups in total. The smallest absolute Gasteiger partial charge is 0.270 e. The van der Waals surface area contributed by atoms with Crippen molar-refractivity contribution in [1.29, 1.82) is 0 Å². The van der Waals surface area contributed by atoms with Gasteiger partial charge in [0.15, 0.2) is 5.11 Å². The number of aryl methyl sites for hydroxylation is 1. The van der Waals surface area contributed by atoms with Crippen molar-refractivity contribution in [3.05, 3.63) is 86.6 Å². The lowest BCUT2D eigenvalue weighted by atomic mass is 10.1. The molecule has 0 spiro atoms. The number of nitro groups is 1. The van der Waals surface area contributed by atoms with Crippen molar-refractivity contribution in [3.63, 3.8) is 0 Å². The average molecular weight is 468 g/mol. The van der Waals surface area contributed by atoms with Gasteiger partial charge in [0.2, 0.25) is 0 Å². The fourth-order valence-electron chi connectivity index (χ4n) is 3.23. The molecule has 2 amide bonds. The molecule has 2 heterocycles. The standard InChI is InChI=1S/C22H14ClN3O5S/c1-12-4-2-3-5-18(12)25-21(28)16(20(27)24-22(25)32)11-14-7-9-19(31-14)15-8-6-13(26(29)30)10-17(15)23/h2-11H,1H3,(H,24,27,32)/b16-11+. The second-order valence-corrected chi connectivity index (χ2v) is 7.66. The van der Waals surface area contributed by atoms with Crippen LogP contribution in [0.15, 0.2) is 64.6 Å². The number of hydrogen-bond acceptors (Lipinski definition) is 6. The van der Waals surface area contributed by atoms with Crippen LogP contribution in [0.3, 0.4) is 0 Å². The van der Waals surface area contributed by atoms with E-state index in [0.29, 0.717) is 17.0 Å². The van der Waals surface area contributed by atoms with E-state index in [1.807, 2.05) is 19.1 Å². The lowest BCUT2D eigenvalue weighted by Gasteiger charge is -2.29. The quantitative estimate of drug-likeness (QED) is 0.197. The number of amides is 2. The summed E-state index contributed by atoms with van der Waals surface area (Å²) in [5.41, 5.74) is 1.50. The van der Waals surface area contributed by atoms with Gasteiger partial charge in [0.25, 0.3) is 17.5 Å². The van der Waals surface area contributed by atoms with Crippen molar-refractivity contribution in [1.82, 2.24) is 5.32 Å². The van der Waals surface area contributed by atoms with Gasteiger partial charge in [-0.15, -0.1) is 0 Å². The van der Waals surface area contributed by atoms with Crippen molar-refractivity contribution in [2.75, 3.05) is 4.90 Å². The summed E-state index contributed by atoms with van der Waals surface area (Å²) in [7, 11) is 0. The van der Waals surface area contributed by atoms with Crippen LogP contribution in [0.4, 0.5) is 11.4 Å². The summed E-state index contributed by atoms with van der Waals surface area (Å²) < 4.78 is 5.73. The number of hydrogen-bond donors (Lipinski definition) is 1. The molecule has 1 aliphatic heterocycles. The first-order valence-corrected chi connectivity index (χ1v) is 10.1. The highest BCUT2D eigenvalue weighted by molar-refractivity contribution is 7.80. The van der Waals surface area contributed by atoms with Crippen LogP contribution in [0.2, 0.25) is 5.02 Å². The van der Waals surface area contributed by atoms with Crippen LogP contribution in [0.1, 0.15) is 11.3 Å². The van der Waals surface area contributed by atoms with E-state index >= 15 is 0 Å². The summed E-state index contributed by atoms with van der Waals surface area (Å²) in [6.45, 7) is 1.83. The van der Waals surface area contributed by atoms with Gasteiger partial charge in [0, 0.05) is 17.7 Å². The molecule has 0 unspecified atom stereocenters. The van der Waals surface area contributed by atoms with E-state index in [9.17, 15) is 19.7 Å². The zero-order valence-corrected chi connectivity index (χ0v) is 18.1. The number of non-ortho nitro benzene ring substituents is 1. The summed E-state index contributed by atoms with van der Waals surface area (Å²) >= 11 is 11.4. The maximum Gasteiger partial charge on any atom is 0.270 e. The number of furan rings is 1. The Kier molecular flexibility index (Phi) is 5.60. The van der Waals surface area contributed by atoms with Crippen LogP contribution < -0.4 is 10.2 Å². The Labute approximate surface area is 192 Å². The van der Waals surface area contributed by atoms with E-state index in [2.05, 4.69) is 5.32 Å². The second-order valence-electron chi connectivity index (χ2n) is 6.87. The monoisotopic (exact) mass is 467 g/mol. The third kappa shape index (κ3) is 3.91. The van der Waals surface area contributed by atoms with Gasteiger partial charge in [-0.3, -0.25) is 29.9 Å². The first-order valence-electron chi connectivity index (χ1n) is 9.27. The van der Waals surface area contributed by atoms with Crippen LogP contribution >= 0.6 is 23.8 Å². The molecule has 2 aromatic carbocycles. The highest BCUT2D eigenvalue weighted by Crippen LogP contribution is 2.33. The Morgan fingerprint density at radius 2 is 1.91 bits per heavy atom. The Balaban J connectivity index is 1.68. The maximum atomic E-state index is 13.1. The van der Waals surface area contributed by atoms with Crippen LogP contribution in [0, 0.1) is 17.0 Å². The maximum absolute atomic E-state index is 13.1. The molecule has 1 saturated heterocycles. The van der Waals surface area contributed by atoms with Gasteiger partial charge < -0.3 is 4.42 Å². The third-order valence-corrected chi connectivity index (χ3v) is 5.40. The Morgan fingerprint density at radius 1 is 1.16 bits per heavy atom. The lowest BCUT2D eigenvalue weighted by molar-refractivity contribution is -0.384. The number of halogens is 1. The van der Waals surface area contributed by atoms with E-state index in [1.54, 1.807) is 24.3 Å². The number of rotatable bonds is 4. The summed E-state index contributed by atoms with van der Waals surface area (Å²) in [4.78, 5) is 37.2. The van der Waals surface area contributed by atoms with E-state index in [0.717, 1.165) is 5.56 Å². The molecule has 160 valence electrons. The van der Waals surface area contributed by atoms with Crippen molar-refractivity contribution in [2.45, 2.75) is 6.92 Å². The largest absolute Gasteiger partial charge is 0.457 e. The zero-order chi connectivity index (χ0) is 23.0. The molecule has 10 heteroatoms. The number of benzene rings is 2. The SMILES string of the molecule is Cc1ccccc1N1C(=O)/C(=C/c2ccc(-c3ccc([N+](=O)[O-])cc3Cl)o2)C(=O)NC1=S. The number of carbonyl (C=O) groups excluding carboxylic acids is 2. The molecular weight excluding hydrogens is 454 g/mol. The summed E-state index contributed by atoms with van der Waals surface area (Å²) in [6, 6.07) is 14.3. The summed E-state index contributed by atoms with van der Waals surface area (Å²) in [5, 5.41) is 13.5. The number of para-hydroxylation sites is 1. The number of carbonyl (C=O) groups is 2. The molecule has 0 bridgehead atoms. The molecule has 4 rings (SSSR count). The number of anilines is 1. The van der Waals surface area contributed by atoms with Gasteiger partial charge in [0.05, 0.1) is 15.6 Å². The highest BCUT2D eigenvalue weighted by Gasteiger charge is 2.35. The van der Waals surface area contributed by atoms with E-state index in [4.69, 9.17) is 28.2 Å². The van der Waals surface area contributed by atoms with E-state index in [-0.39, 0.29) is 27.2 Å². The van der Waals surface area contributed by atoms with Gasteiger partial charge in [-0.05, 0) is 55.0 Å². The molecule has 1 fully saturated rings. The van der Waals surface area contributed by atoms with E-state index in [1.165, 1.54) is 29.2 Å². The van der Waals surface area contributed by atoms with Crippen LogP contribution in [-0.4, -0.2) is 21.9 Å². The van der Waals surface area contributed by atoms with Crippen molar-refractivity contribution in [3.8, 4) is 11.3 Å². The zero-order valence-electron chi connectivity index (χ0n) is 16.5. The lowest BCUT2D eigenvalue weighted by Crippen LogP contribution is -2.54. The van der Waals surface area contributed by atoms with Crippen LogP contribution in [0.25, 0.3) is 17.4 Å². The van der Waals surface area contributed by atoms with Crippen molar-refractivity contribution < 1.29 is 18.9 Å². The molecule has 1 aromatic heterocycles. The summed E-state index contributed by atoms with van der Waals surface area (Å²) in [6.07, 6.45) is 1.31. The molecule has 1 aliphatic rings.